The highest BCUT2D eigenvalue weighted by molar-refractivity contribution is 6.67. The monoisotopic (exact) mass is 867 g/mol. The van der Waals surface area contributed by atoms with Crippen molar-refractivity contribution < 1.29 is 29.3 Å². The second kappa shape index (κ2) is 52.8. The zero-order valence-corrected chi connectivity index (χ0v) is 41.8. The smallest absolute Gasteiger partial charge is 0.331 e. The number of carboxylic acid groups (broad SMARTS) is 2. The summed E-state index contributed by atoms with van der Waals surface area (Å²) < 4.78 is 10.5. The molecule has 0 atom stereocenters. The van der Waals surface area contributed by atoms with E-state index in [4.69, 9.17) is 19.7 Å². The van der Waals surface area contributed by atoms with Crippen molar-refractivity contribution in [1.29, 1.82) is 0 Å². The molecule has 0 fully saturated rings. The summed E-state index contributed by atoms with van der Waals surface area (Å²) in [6, 6.07) is 21.2. The first-order valence-corrected chi connectivity index (χ1v) is 25.7. The summed E-state index contributed by atoms with van der Waals surface area (Å²) >= 11 is 0. The third-order valence-corrected chi connectivity index (χ3v) is 10.8. The summed E-state index contributed by atoms with van der Waals surface area (Å²) in [5.41, 5.74) is 0. The lowest BCUT2D eigenvalue weighted by Crippen LogP contribution is -2.26. The van der Waals surface area contributed by atoms with Crippen LogP contribution in [0.25, 0.3) is 0 Å². The average molecular weight is 867 g/mol. The van der Waals surface area contributed by atoms with Crippen molar-refractivity contribution in [3.05, 3.63) is 84.3 Å². The lowest BCUT2D eigenvalue weighted by molar-refractivity contribution is -0.132. The Balaban J connectivity index is -0.000000709. The van der Waals surface area contributed by atoms with Gasteiger partial charge in [0, 0.05) is 12.8 Å². The molecule has 0 saturated carbocycles. The number of unbranched alkanes of at least 4 members (excludes halogenated alkanes) is 20. The number of carboxylic acids is 2. The van der Waals surface area contributed by atoms with E-state index in [-0.39, 0.29) is 0 Å². The number of ether oxygens (including phenoxy) is 2. The molecule has 0 unspecified atom stereocenters. The number of hydrogen-bond donors (Lipinski definition) is 2. The molecule has 0 heterocycles. The van der Waals surface area contributed by atoms with Gasteiger partial charge < -0.3 is 19.7 Å². The second-order valence-electron chi connectivity index (χ2n) is 15.5. The van der Waals surface area contributed by atoms with Crippen molar-refractivity contribution in [2.24, 2.45) is 0 Å². The van der Waals surface area contributed by atoms with Crippen molar-refractivity contribution in [2.45, 2.75) is 222 Å². The second-order valence-corrected chi connectivity index (χ2v) is 16.9. The molecule has 2 aromatic rings. The van der Waals surface area contributed by atoms with E-state index < -0.39 is 11.9 Å². The van der Waals surface area contributed by atoms with Crippen LogP contribution < -0.4 is 10.4 Å². The maximum atomic E-state index is 10.5. The van der Waals surface area contributed by atoms with Crippen LogP contribution in [0.1, 0.15) is 222 Å². The molecule has 0 aliphatic heterocycles. The fourth-order valence-electron chi connectivity index (χ4n) is 6.09. The van der Waals surface area contributed by atoms with Gasteiger partial charge in [0.15, 0.2) is 0 Å². The Kier molecular flexibility index (Phi) is 53.7. The first-order chi connectivity index (χ1) is 29.7. The zero-order valence-electron chi connectivity index (χ0n) is 40.8. The maximum Gasteiger partial charge on any atom is 0.331 e. The van der Waals surface area contributed by atoms with Gasteiger partial charge in [-0.3, -0.25) is 0 Å². The third-order valence-electron chi connectivity index (χ3n) is 9.53. The largest absolute Gasteiger partial charge is 0.498 e. The van der Waals surface area contributed by atoms with E-state index in [9.17, 15) is 9.59 Å². The van der Waals surface area contributed by atoms with Crippen LogP contribution in [0.3, 0.4) is 0 Å². The summed E-state index contributed by atoms with van der Waals surface area (Å²) in [4.78, 5) is 21.0. The Labute approximate surface area is 379 Å². The summed E-state index contributed by atoms with van der Waals surface area (Å²) in [5.74, 6) is -0.639. The Morgan fingerprint density at radius 2 is 0.656 bits per heavy atom. The fraction of sp³-hybridized carbons (Fsp3) is 0.667. The topological polar surface area (TPSA) is 93.1 Å². The minimum atomic E-state index is -0.922. The highest BCUT2D eigenvalue weighted by atomic mass is 28.2. The van der Waals surface area contributed by atoms with E-state index in [2.05, 4.69) is 102 Å². The van der Waals surface area contributed by atoms with Crippen LogP contribution in [0, 0.1) is 0 Å². The summed E-state index contributed by atoms with van der Waals surface area (Å²) in [7, 11) is 0.777. The van der Waals surface area contributed by atoms with E-state index in [1.54, 1.807) is 0 Å². The first kappa shape index (κ1) is 62.0. The van der Waals surface area contributed by atoms with Crippen LogP contribution in [-0.4, -0.2) is 44.9 Å². The average Bonchev–Trinajstić information content (AvgIpc) is 3.25. The molecule has 7 heteroatoms. The van der Waals surface area contributed by atoms with Gasteiger partial charge >= 0.3 is 11.9 Å². The molecule has 0 aliphatic carbocycles. The molecule has 2 aromatic carbocycles. The van der Waals surface area contributed by atoms with Crippen molar-refractivity contribution in [1.82, 2.24) is 0 Å². The maximum absolute atomic E-state index is 10.5. The molecular weight excluding hydrogens is 773 g/mol. The van der Waals surface area contributed by atoms with E-state index in [1.807, 2.05) is 13.8 Å². The molecule has 0 saturated heterocycles. The number of benzene rings is 2. The van der Waals surface area contributed by atoms with Crippen molar-refractivity contribution in [3.8, 4) is 0 Å². The number of allylic oxidation sites excluding steroid dienone is 2. The van der Waals surface area contributed by atoms with E-state index >= 15 is 0 Å². The van der Waals surface area contributed by atoms with Gasteiger partial charge in [-0.2, -0.15) is 0 Å². The van der Waals surface area contributed by atoms with Crippen LogP contribution in [-0.2, 0) is 19.1 Å². The van der Waals surface area contributed by atoms with Gasteiger partial charge in [0.05, 0.1) is 25.4 Å². The normalized spacial score (nSPS) is 10.7. The molecule has 6 nitrogen and oxygen atoms in total. The molecule has 61 heavy (non-hydrogen) atoms. The minimum absolute atomic E-state index is 0.537. The molecule has 0 amide bonds. The lowest BCUT2D eigenvalue weighted by Gasteiger charge is -2.07. The molecule has 2 rings (SSSR count). The van der Waals surface area contributed by atoms with Gasteiger partial charge in [0.2, 0.25) is 0 Å². The number of hydrogen-bond acceptors (Lipinski definition) is 4. The van der Waals surface area contributed by atoms with E-state index in [0.29, 0.717) is 24.7 Å². The van der Waals surface area contributed by atoms with E-state index in [0.717, 1.165) is 48.0 Å². The molecule has 0 spiro atoms. The zero-order chi connectivity index (χ0) is 45.9. The molecule has 350 valence electrons. The molecule has 2 N–H and O–H groups in total. The Morgan fingerprint density at radius 1 is 0.410 bits per heavy atom. The van der Waals surface area contributed by atoms with Crippen LogP contribution in [0.5, 0.6) is 0 Å². The number of carbonyl (C=O) groups is 2. The van der Waals surface area contributed by atoms with Gasteiger partial charge in [0.25, 0.3) is 0 Å². The van der Waals surface area contributed by atoms with Gasteiger partial charge in [-0.05, 0) is 26.7 Å². The van der Waals surface area contributed by atoms with Gasteiger partial charge in [-0.1, -0.05) is 254 Å². The Bertz CT molecular complexity index is 1120. The standard InChI is InChI=1S/2C13H24O3.C12H10Si.2C8H18/c2*1-3-5-6-7-8-9-10-12(16-4-2)11-13(14)15;1-3-7-11(8-4-1)13-12-9-5-2-6-10-12;2*1-3-5-7-8-6-4-2/h2*11H,3-10H2,1-2H3,(H,14,15);1-10H;2*3-8H2,1-2H3. The highest BCUT2D eigenvalue weighted by Gasteiger charge is 2.03. The molecule has 0 aliphatic rings. The SMILES string of the molecule is CCCCCCCC.CCCCCCCC.CCCCCCCCC(=CC(=O)O)OCC.CCCCCCCCC(=CC(=O)O)OCC.c1ccc([Si]c2ccccc2)cc1. The first-order valence-electron chi connectivity index (χ1n) is 24.7. The van der Waals surface area contributed by atoms with E-state index in [1.165, 1.54) is 151 Å². The number of aliphatic carboxylic acids is 2. The summed E-state index contributed by atoms with van der Waals surface area (Å²) in [6.45, 7) is 18.2. The third kappa shape index (κ3) is 52.7. The number of rotatable bonds is 32. The van der Waals surface area contributed by atoms with Crippen LogP contribution in [0.4, 0.5) is 0 Å². The van der Waals surface area contributed by atoms with Gasteiger partial charge in [-0.15, -0.1) is 0 Å². The predicted molar refractivity (Wildman–Crippen MR) is 267 cm³/mol. The molecular formula is C54H94O6Si. The highest BCUT2D eigenvalue weighted by Crippen LogP contribution is 2.14. The predicted octanol–water partition coefficient (Wildman–Crippen LogP) is 15.6. The molecule has 0 aromatic heterocycles. The quantitative estimate of drug-likeness (QED) is 0.0329. The molecule has 2 radical (unpaired) electrons. The van der Waals surface area contributed by atoms with Gasteiger partial charge in [-0.25, -0.2) is 9.59 Å². The van der Waals surface area contributed by atoms with Crippen molar-refractivity contribution in [3.63, 3.8) is 0 Å². The van der Waals surface area contributed by atoms with Crippen LogP contribution in [0.2, 0.25) is 0 Å². The molecule has 0 bridgehead atoms. The van der Waals surface area contributed by atoms with Crippen molar-refractivity contribution >= 4 is 31.8 Å². The van der Waals surface area contributed by atoms with Crippen LogP contribution in [0.15, 0.2) is 84.3 Å². The van der Waals surface area contributed by atoms with Gasteiger partial charge in [0.1, 0.15) is 21.0 Å². The fourth-order valence-corrected chi connectivity index (χ4v) is 7.15. The Morgan fingerprint density at radius 3 is 0.885 bits per heavy atom. The van der Waals surface area contributed by atoms with Crippen molar-refractivity contribution in [2.75, 3.05) is 13.2 Å². The Hall–Kier alpha value is -3.32. The lowest BCUT2D eigenvalue weighted by atomic mass is 10.1. The summed E-state index contributed by atoms with van der Waals surface area (Å²) in [5, 5.41) is 20.0. The minimum Gasteiger partial charge on any atom is -0.498 e. The summed E-state index contributed by atoms with van der Waals surface area (Å²) in [6.07, 6.45) is 35.3. The van der Waals surface area contributed by atoms with Crippen LogP contribution >= 0.6 is 0 Å².